The van der Waals surface area contributed by atoms with Crippen LogP contribution in [0.25, 0.3) is 0 Å². The van der Waals surface area contributed by atoms with Crippen molar-refractivity contribution >= 4 is 11.8 Å². The summed E-state index contributed by atoms with van der Waals surface area (Å²) in [5.41, 5.74) is -1.74. The van der Waals surface area contributed by atoms with E-state index in [2.05, 4.69) is 4.74 Å². The second-order valence-electron chi connectivity index (χ2n) is 3.89. The Kier molecular flexibility index (Phi) is 2.02. The number of Topliss-reactive ketones (excluding diaryl/α,β-unsaturated/α-hetero) is 1. The minimum Gasteiger partial charge on any atom is -0.461 e. The van der Waals surface area contributed by atoms with E-state index >= 15 is 0 Å². The maximum atomic E-state index is 11.5. The molecule has 15 heavy (non-hydrogen) atoms. The summed E-state index contributed by atoms with van der Waals surface area (Å²) in [5.74, 6) is -2.19. The van der Waals surface area contributed by atoms with Gasteiger partial charge in [0.1, 0.15) is 11.7 Å². The van der Waals surface area contributed by atoms with E-state index in [9.17, 15) is 19.7 Å². The fraction of sp³-hybridized carbons (Fsp3) is 0.778. The van der Waals surface area contributed by atoms with Gasteiger partial charge in [-0.2, -0.15) is 0 Å². The third kappa shape index (κ3) is 1.04. The first-order valence-corrected chi connectivity index (χ1v) is 4.91. The number of carbonyl (C=O) groups excluding carboxylic acids is 2. The number of fused-ring (bicyclic) bond motifs is 1. The molecule has 0 amide bonds. The number of esters is 1. The molecule has 6 heteroatoms. The number of hydrogen-bond acceptors (Lipinski definition) is 5. The topological polar surface area (TPSA) is 86.5 Å². The van der Waals surface area contributed by atoms with Gasteiger partial charge in [-0.1, -0.05) is 0 Å². The molecule has 0 heterocycles. The molecule has 0 aromatic rings. The van der Waals surface area contributed by atoms with Crippen LogP contribution in [0.5, 0.6) is 0 Å². The molecule has 2 aliphatic carbocycles. The van der Waals surface area contributed by atoms with Gasteiger partial charge in [0.05, 0.1) is 12.5 Å². The summed E-state index contributed by atoms with van der Waals surface area (Å²) in [7, 11) is 0. The van der Waals surface area contributed by atoms with Crippen molar-refractivity contribution in [2.24, 2.45) is 11.8 Å². The van der Waals surface area contributed by atoms with Crippen molar-refractivity contribution in [2.45, 2.75) is 25.3 Å². The lowest BCUT2D eigenvalue weighted by molar-refractivity contribution is -0.532. The van der Waals surface area contributed by atoms with Gasteiger partial charge >= 0.3 is 11.5 Å². The highest BCUT2D eigenvalue weighted by Crippen LogP contribution is 2.61. The van der Waals surface area contributed by atoms with Gasteiger partial charge < -0.3 is 4.74 Å². The van der Waals surface area contributed by atoms with E-state index in [0.29, 0.717) is 12.8 Å². The van der Waals surface area contributed by atoms with Crippen LogP contribution in [0.15, 0.2) is 0 Å². The van der Waals surface area contributed by atoms with Gasteiger partial charge in [-0.3, -0.25) is 14.9 Å². The molecule has 0 N–H and O–H groups in total. The molecule has 0 aliphatic heterocycles. The van der Waals surface area contributed by atoms with Crippen LogP contribution in [0.4, 0.5) is 0 Å². The van der Waals surface area contributed by atoms with Crippen LogP contribution in [0, 0.1) is 22.0 Å². The summed E-state index contributed by atoms with van der Waals surface area (Å²) in [4.78, 5) is 33.1. The summed E-state index contributed by atoms with van der Waals surface area (Å²) < 4.78 is 4.68. The third-order valence-corrected chi connectivity index (χ3v) is 3.29. The van der Waals surface area contributed by atoms with Gasteiger partial charge in [0.25, 0.3) is 0 Å². The Bertz CT molecular complexity index is 352. The Morgan fingerprint density at radius 1 is 1.73 bits per heavy atom. The number of nitro groups is 1. The Morgan fingerprint density at radius 3 is 2.80 bits per heavy atom. The van der Waals surface area contributed by atoms with E-state index in [1.807, 2.05) is 0 Å². The average molecular weight is 213 g/mol. The number of ketones is 1. The van der Waals surface area contributed by atoms with Gasteiger partial charge in [-0.25, -0.2) is 4.79 Å². The van der Waals surface area contributed by atoms with E-state index in [-0.39, 0.29) is 12.4 Å². The van der Waals surface area contributed by atoms with E-state index in [4.69, 9.17) is 0 Å². The first kappa shape index (κ1) is 10.1. The van der Waals surface area contributed by atoms with Crippen LogP contribution in [-0.2, 0) is 14.3 Å². The maximum Gasteiger partial charge on any atom is 0.385 e. The number of rotatable bonds is 3. The first-order valence-electron chi connectivity index (χ1n) is 4.91. The van der Waals surface area contributed by atoms with E-state index in [1.54, 1.807) is 6.92 Å². The molecule has 0 aromatic heterocycles. The highest BCUT2D eigenvalue weighted by Gasteiger charge is 2.86. The minimum absolute atomic E-state index is 0.0993. The van der Waals surface area contributed by atoms with Crippen LogP contribution in [-0.4, -0.2) is 28.8 Å². The minimum atomic E-state index is -1.74. The molecule has 2 saturated carbocycles. The highest BCUT2D eigenvalue weighted by molar-refractivity contribution is 5.99. The average Bonchev–Trinajstić information content (AvgIpc) is 2.72. The lowest BCUT2D eigenvalue weighted by Gasteiger charge is -2.10. The molecule has 2 aliphatic rings. The molecule has 0 bridgehead atoms. The van der Waals surface area contributed by atoms with Crippen LogP contribution < -0.4 is 0 Å². The highest BCUT2D eigenvalue weighted by atomic mass is 16.6. The number of ether oxygens (including phenoxy) is 1. The number of nitrogens with zero attached hydrogens (tertiary/aromatic N) is 1. The molecule has 0 aromatic carbocycles. The second-order valence-corrected chi connectivity index (χ2v) is 3.89. The van der Waals surface area contributed by atoms with Crippen LogP contribution in [0.3, 0.4) is 0 Å². The summed E-state index contributed by atoms with van der Waals surface area (Å²) >= 11 is 0. The largest absolute Gasteiger partial charge is 0.461 e. The van der Waals surface area contributed by atoms with Crippen molar-refractivity contribution in [2.75, 3.05) is 6.61 Å². The Morgan fingerprint density at radius 2 is 2.40 bits per heavy atom. The van der Waals surface area contributed by atoms with Crippen molar-refractivity contribution in [3.8, 4) is 0 Å². The quantitative estimate of drug-likeness (QED) is 0.379. The molecule has 0 radical (unpaired) electrons. The zero-order chi connectivity index (χ0) is 11.2. The lowest BCUT2D eigenvalue weighted by Crippen LogP contribution is -2.40. The number of hydrogen-bond donors (Lipinski definition) is 0. The monoisotopic (exact) mass is 213 g/mol. The second kappa shape index (κ2) is 3.01. The third-order valence-electron chi connectivity index (χ3n) is 3.29. The summed E-state index contributed by atoms with van der Waals surface area (Å²) in [6.07, 6.45) is 0.785. The summed E-state index contributed by atoms with van der Waals surface area (Å²) in [6.45, 7) is 1.69. The van der Waals surface area contributed by atoms with Crippen molar-refractivity contribution in [3.63, 3.8) is 0 Å². The first-order chi connectivity index (χ1) is 7.06. The molecular formula is C9H11NO5. The van der Waals surface area contributed by atoms with E-state index in [0.717, 1.165) is 0 Å². The van der Waals surface area contributed by atoms with Crippen LogP contribution in [0.2, 0.25) is 0 Å². The maximum absolute atomic E-state index is 11.5. The molecular weight excluding hydrogens is 202 g/mol. The lowest BCUT2D eigenvalue weighted by atomic mass is 10.1. The molecule has 6 nitrogen and oxygen atoms in total. The zero-order valence-electron chi connectivity index (χ0n) is 8.26. The van der Waals surface area contributed by atoms with Crippen molar-refractivity contribution in [1.82, 2.24) is 0 Å². The predicted octanol–water partition coefficient (Wildman–Crippen LogP) is 0.174. The summed E-state index contributed by atoms with van der Waals surface area (Å²) in [6, 6.07) is 0. The Balaban J connectivity index is 2.27. The van der Waals surface area contributed by atoms with Gasteiger partial charge in [-0.15, -0.1) is 0 Å². The van der Waals surface area contributed by atoms with Gasteiger partial charge in [-0.05, 0) is 13.3 Å². The van der Waals surface area contributed by atoms with Crippen LogP contribution >= 0.6 is 0 Å². The van der Waals surface area contributed by atoms with Gasteiger partial charge in [0.2, 0.25) is 0 Å². The normalized spacial score (nSPS) is 37.3. The SMILES string of the molecule is CCOC(=O)C1([N+](=O)[O-])C2CCC(=O)C21. The predicted molar refractivity (Wildman–Crippen MR) is 47.6 cm³/mol. The van der Waals surface area contributed by atoms with Gasteiger partial charge in [0, 0.05) is 11.3 Å². The molecule has 2 fully saturated rings. The molecule has 2 rings (SSSR count). The molecule has 3 unspecified atom stereocenters. The smallest absolute Gasteiger partial charge is 0.385 e. The standard InChI is InChI=1S/C9H11NO5/c1-2-15-8(12)9(10(13)14)5-3-4-6(11)7(5)9/h5,7H,2-4H2,1H3. The summed E-state index contributed by atoms with van der Waals surface area (Å²) in [5, 5.41) is 10.9. The van der Waals surface area contributed by atoms with Crippen molar-refractivity contribution in [1.29, 1.82) is 0 Å². The van der Waals surface area contributed by atoms with Crippen molar-refractivity contribution in [3.05, 3.63) is 10.1 Å². The van der Waals surface area contributed by atoms with Gasteiger partial charge in [0.15, 0.2) is 0 Å². The molecule has 82 valence electrons. The Hall–Kier alpha value is -1.46. The van der Waals surface area contributed by atoms with Crippen LogP contribution in [0.1, 0.15) is 19.8 Å². The van der Waals surface area contributed by atoms with E-state index < -0.39 is 28.3 Å². The fourth-order valence-electron chi connectivity index (χ4n) is 2.60. The van der Waals surface area contributed by atoms with Crippen molar-refractivity contribution < 1.29 is 19.2 Å². The zero-order valence-corrected chi connectivity index (χ0v) is 8.26. The number of carbonyl (C=O) groups is 2. The molecule has 0 saturated heterocycles. The molecule has 0 spiro atoms. The van der Waals surface area contributed by atoms with E-state index in [1.165, 1.54) is 0 Å². The molecule has 3 atom stereocenters. The Labute approximate surface area is 85.7 Å². The fourth-order valence-corrected chi connectivity index (χ4v) is 2.60.